The molecule has 3 rings (SSSR count). The monoisotopic (exact) mass is 342 g/mol. The van der Waals surface area contributed by atoms with Gasteiger partial charge in [0.15, 0.2) is 0 Å². The molecule has 6 nitrogen and oxygen atoms in total. The summed E-state index contributed by atoms with van der Waals surface area (Å²) in [5.74, 6) is 0.472. The van der Waals surface area contributed by atoms with Crippen LogP contribution >= 0.6 is 0 Å². The lowest BCUT2D eigenvalue weighted by Crippen LogP contribution is -2.42. The number of nitrogens with one attached hydrogen (secondary N) is 1. The SMILES string of the molecule is NC(=O)[C@H]1CCCN(c2ncccc2CNC(=O)C2=CCCCC2)C1. The summed E-state index contributed by atoms with van der Waals surface area (Å²) in [6, 6.07) is 3.85. The number of pyridine rings is 1. The van der Waals surface area contributed by atoms with Crippen molar-refractivity contribution in [2.45, 2.75) is 45.1 Å². The highest BCUT2D eigenvalue weighted by molar-refractivity contribution is 5.93. The number of aromatic nitrogens is 1. The van der Waals surface area contributed by atoms with Crippen LogP contribution in [0, 0.1) is 5.92 Å². The molecular weight excluding hydrogens is 316 g/mol. The molecule has 0 unspecified atom stereocenters. The van der Waals surface area contributed by atoms with E-state index in [9.17, 15) is 9.59 Å². The standard InChI is InChI=1S/C19H26N4O2/c20-17(24)16-9-5-11-23(13-16)18-15(8-4-10-21-18)12-22-19(25)14-6-2-1-3-7-14/h4,6,8,10,16H,1-3,5,7,9,11-13H2,(H2,20,24)(H,22,25)/t16-/m0/s1. The van der Waals surface area contributed by atoms with E-state index < -0.39 is 0 Å². The first-order valence-corrected chi connectivity index (χ1v) is 9.10. The molecule has 1 atom stereocenters. The first-order valence-electron chi connectivity index (χ1n) is 9.10. The van der Waals surface area contributed by atoms with Crippen LogP contribution in [-0.2, 0) is 16.1 Å². The number of rotatable bonds is 5. The molecule has 0 aromatic carbocycles. The van der Waals surface area contributed by atoms with Crippen molar-refractivity contribution in [1.29, 1.82) is 0 Å². The van der Waals surface area contributed by atoms with Crippen molar-refractivity contribution in [3.8, 4) is 0 Å². The smallest absolute Gasteiger partial charge is 0.247 e. The molecule has 0 radical (unpaired) electrons. The topological polar surface area (TPSA) is 88.3 Å². The summed E-state index contributed by atoms with van der Waals surface area (Å²) in [5, 5.41) is 3.02. The quantitative estimate of drug-likeness (QED) is 0.855. The highest BCUT2D eigenvalue weighted by Gasteiger charge is 2.26. The Morgan fingerprint density at radius 3 is 2.96 bits per heavy atom. The van der Waals surface area contributed by atoms with Gasteiger partial charge in [-0.3, -0.25) is 9.59 Å². The molecule has 2 amide bonds. The maximum atomic E-state index is 12.3. The predicted molar refractivity (Wildman–Crippen MR) is 96.8 cm³/mol. The van der Waals surface area contributed by atoms with E-state index in [1.807, 2.05) is 18.2 Å². The van der Waals surface area contributed by atoms with Crippen molar-refractivity contribution in [3.05, 3.63) is 35.5 Å². The van der Waals surface area contributed by atoms with Crippen LogP contribution in [0.25, 0.3) is 0 Å². The number of hydrogen-bond acceptors (Lipinski definition) is 4. The van der Waals surface area contributed by atoms with Crippen molar-refractivity contribution in [1.82, 2.24) is 10.3 Å². The Hall–Kier alpha value is -2.37. The minimum Gasteiger partial charge on any atom is -0.369 e. The van der Waals surface area contributed by atoms with E-state index in [2.05, 4.69) is 15.2 Å². The third kappa shape index (κ3) is 4.38. The molecule has 1 aliphatic heterocycles. The molecule has 1 aromatic heterocycles. The van der Waals surface area contributed by atoms with Crippen LogP contribution in [0.15, 0.2) is 30.0 Å². The lowest BCUT2D eigenvalue weighted by molar-refractivity contribution is -0.122. The first-order chi connectivity index (χ1) is 12.1. The summed E-state index contributed by atoms with van der Waals surface area (Å²) in [7, 11) is 0. The van der Waals surface area contributed by atoms with Crippen LogP contribution in [0.4, 0.5) is 5.82 Å². The van der Waals surface area contributed by atoms with E-state index in [4.69, 9.17) is 5.73 Å². The Morgan fingerprint density at radius 2 is 2.20 bits per heavy atom. The van der Waals surface area contributed by atoms with Crippen LogP contribution in [0.1, 0.15) is 44.1 Å². The number of allylic oxidation sites excluding steroid dienone is 1. The van der Waals surface area contributed by atoms with Crippen molar-refractivity contribution in [3.63, 3.8) is 0 Å². The molecule has 1 aliphatic carbocycles. The average molecular weight is 342 g/mol. The van der Waals surface area contributed by atoms with Gasteiger partial charge in [0, 0.05) is 37.0 Å². The van der Waals surface area contributed by atoms with E-state index in [0.29, 0.717) is 13.1 Å². The number of hydrogen-bond donors (Lipinski definition) is 2. The number of primary amides is 1. The molecule has 0 bridgehead atoms. The van der Waals surface area contributed by atoms with Crippen molar-refractivity contribution >= 4 is 17.6 Å². The molecule has 25 heavy (non-hydrogen) atoms. The van der Waals surface area contributed by atoms with Crippen molar-refractivity contribution in [2.24, 2.45) is 11.7 Å². The maximum absolute atomic E-state index is 12.3. The predicted octanol–water partition coefficient (Wildman–Crippen LogP) is 1.90. The van der Waals surface area contributed by atoms with Gasteiger partial charge in [0.2, 0.25) is 11.8 Å². The molecule has 1 saturated heterocycles. The summed E-state index contributed by atoms with van der Waals surface area (Å²) in [6.07, 6.45) is 9.64. The van der Waals surface area contributed by atoms with Gasteiger partial charge < -0.3 is 16.0 Å². The number of piperidine rings is 1. The highest BCUT2D eigenvalue weighted by Crippen LogP contribution is 2.24. The molecule has 134 valence electrons. The Bertz CT molecular complexity index is 671. The number of amides is 2. The fourth-order valence-electron chi connectivity index (χ4n) is 3.59. The van der Waals surface area contributed by atoms with Gasteiger partial charge in [0.1, 0.15) is 5.82 Å². The lowest BCUT2D eigenvalue weighted by Gasteiger charge is -2.33. The normalized spacial score (nSPS) is 20.7. The summed E-state index contributed by atoms with van der Waals surface area (Å²) in [5.41, 5.74) is 7.34. The molecule has 3 N–H and O–H groups in total. The second-order valence-corrected chi connectivity index (χ2v) is 6.83. The molecule has 0 saturated carbocycles. The lowest BCUT2D eigenvalue weighted by atomic mass is 9.97. The number of nitrogens with two attached hydrogens (primary N) is 1. The Labute approximate surface area is 148 Å². The van der Waals surface area contributed by atoms with Gasteiger partial charge in [-0.1, -0.05) is 12.1 Å². The van der Waals surface area contributed by atoms with Gasteiger partial charge in [-0.25, -0.2) is 4.98 Å². The fraction of sp³-hybridized carbons (Fsp3) is 0.526. The molecule has 1 fully saturated rings. The molecule has 1 aromatic rings. The molecule has 0 spiro atoms. The maximum Gasteiger partial charge on any atom is 0.247 e. The zero-order valence-corrected chi connectivity index (χ0v) is 14.5. The van der Waals surface area contributed by atoms with Crippen molar-refractivity contribution in [2.75, 3.05) is 18.0 Å². The third-order valence-corrected chi connectivity index (χ3v) is 5.01. The first kappa shape index (κ1) is 17.5. The summed E-state index contributed by atoms with van der Waals surface area (Å²) in [4.78, 5) is 30.4. The van der Waals surface area contributed by atoms with Crippen LogP contribution in [-0.4, -0.2) is 29.9 Å². The third-order valence-electron chi connectivity index (χ3n) is 5.01. The van der Waals surface area contributed by atoms with Crippen molar-refractivity contribution < 1.29 is 9.59 Å². The molecular formula is C19H26N4O2. The van der Waals surface area contributed by atoms with Gasteiger partial charge in [-0.05, 0) is 44.6 Å². The van der Waals surface area contributed by atoms with Crippen LogP contribution < -0.4 is 16.0 Å². The van der Waals surface area contributed by atoms with Crippen LogP contribution in [0.3, 0.4) is 0 Å². The minimum atomic E-state index is -0.250. The van der Waals surface area contributed by atoms with E-state index >= 15 is 0 Å². The largest absolute Gasteiger partial charge is 0.369 e. The molecule has 2 heterocycles. The second kappa shape index (κ2) is 8.14. The van der Waals surface area contributed by atoms with Crippen LogP contribution in [0.5, 0.6) is 0 Å². The van der Waals surface area contributed by atoms with E-state index in [1.54, 1.807) is 6.20 Å². The van der Waals surface area contributed by atoms with Gasteiger partial charge in [-0.15, -0.1) is 0 Å². The second-order valence-electron chi connectivity index (χ2n) is 6.83. The van der Waals surface area contributed by atoms with Gasteiger partial charge in [-0.2, -0.15) is 0 Å². The van der Waals surface area contributed by atoms with E-state index in [1.165, 1.54) is 6.42 Å². The summed E-state index contributed by atoms with van der Waals surface area (Å²) < 4.78 is 0. The molecule has 2 aliphatic rings. The minimum absolute atomic E-state index is 0.0168. The Kier molecular flexibility index (Phi) is 5.68. The molecule has 6 heteroatoms. The number of anilines is 1. The Balaban J connectivity index is 1.67. The zero-order valence-electron chi connectivity index (χ0n) is 14.5. The Morgan fingerprint density at radius 1 is 1.32 bits per heavy atom. The van der Waals surface area contributed by atoms with E-state index in [-0.39, 0.29) is 17.7 Å². The van der Waals surface area contributed by atoms with Gasteiger partial charge in [0.05, 0.1) is 5.92 Å². The van der Waals surface area contributed by atoms with Gasteiger partial charge in [0.25, 0.3) is 0 Å². The van der Waals surface area contributed by atoms with Crippen LogP contribution in [0.2, 0.25) is 0 Å². The number of nitrogens with zero attached hydrogens (tertiary/aromatic N) is 2. The average Bonchev–Trinajstić information content (AvgIpc) is 2.67. The van der Waals surface area contributed by atoms with E-state index in [0.717, 1.165) is 55.6 Å². The summed E-state index contributed by atoms with van der Waals surface area (Å²) >= 11 is 0. The van der Waals surface area contributed by atoms with Gasteiger partial charge >= 0.3 is 0 Å². The summed E-state index contributed by atoms with van der Waals surface area (Å²) in [6.45, 7) is 1.89. The fourth-order valence-corrected chi connectivity index (χ4v) is 3.59. The number of carbonyl (C=O) groups is 2. The number of carbonyl (C=O) groups excluding carboxylic acids is 2. The highest BCUT2D eigenvalue weighted by atomic mass is 16.2. The zero-order chi connectivity index (χ0) is 17.6.